The maximum atomic E-state index is 6.59. The van der Waals surface area contributed by atoms with Crippen molar-refractivity contribution < 1.29 is 4.74 Å². The summed E-state index contributed by atoms with van der Waals surface area (Å²) in [5.74, 6) is 1.76. The lowest BCUT2D eigenvalue weighted by Gasteiger charge is -2.39. The zero-order valence-corrected chi connectivity index (χ0v) is 23.8. The van der Waals surface area contributed by atoms with E-state index in [1.54, 1.807) is 0 Å². The molecular weight excluding hydrogens is 538 g/mol. The Morgan fingerprint density at radius 1 is 0.568 bits per heavy atom. The average Bonchev–Trinajstić information content (AvgIpc) is 3.40. The SMILES string of the molecule is C1=CC(c2ccccc2)NN=C1c1cccc(-c2ccc3c(c2)C2(c4ccccc4O3)c3ccccc3-c3ccccc32)n1. The van der Waals surface area contributed by atoms with Crippen LogP contribution in [0.2, 0.25) is 0 Å². The molecule has 0 saturated carbocycles. The highest BCUT2D eigenvalue weighted by atomic mass is 16.5. The van der Waals surface area contributed by atoms with E-state index in [-0.39, 0.29) is 6.04 Å². The van der Waals surface area contributed by atoms with Gasteiger partial charge < -0.3 is 4.74 Å². The van der Waals surface area contributed by atoms with Crippen molar-refractivity contribution in [3.05, 3.63) is 185 Å². The van der Waals surface area contributed by atoms with Crippen LogP contribution in [0.4, 0.5) is 0 Å². The Balaban J connectivity index is 1.18. The van der Waals surface area contributed by atoms with E-state index in [0.29, 0.717) is 0 Å². The van der Waals surface area contributed by atoms with Crippen LogP contribution < -0.4 is 10.2 Å². The summed E-state index contributed by atoms with van der Waals surface area (Å²) >= 11 is 0. The van der Waals surface area contributed by atoms with Gasteiger partial charge in [0.1, 0.15) is 17.2 Å². The second kappa shape index (κ2) is 9.65. The number of pyridine rings is 1. The predicted octanol–water partition coefficient (Wildman–Crippen LogP) is 8.82. The molecule has 2 aliphatic heterocycles. The van der Waals surface area contributed by atoms with E-state index >= 15 is 0 Å². The summed E-state index contributed by atoms with van der Waals surface area (Å²) in [5.41, 5.74) is 14.9. The van der Waals surface area contributed by atoms with Crippen LogP contribution in [0.5, 0.6) is 11.5 Å². The molecule has 0 amide bonds. The Labute approximate surface area is 256 Å². The number of allylic oxidation sites excluding steroid dienone is 1. The Morgan fingerprint density at radius 3 is 1.98 bits per heavy atom. The molecule has 1 N–H and O–H groups in total. The Bertz CT molecular complexity index is 2100. The first-order valence-electron chi connectivity index (χ1n) is 15.0. The van der Waals surface area contributed by atoms with E-state index < -0.39 is 5.41 Å². The number of nitrogens with one attached hydrogen (secondary N) is 1. The molecule has 0 saturated heterocycles. The second-order valence-electron chi connectivity index (χ2n) is 11.4. The number of fused-ring (bicyclic) bond motifs is 9. The number of benzene rings is 5. The van der Waals surface area contributed by atoms with Gasteiger partial charge in [0.15, 0.2) is 0 Å². The fraction of sp³-hybridized carbons (Fsp3) is 0.0500. The quantitative estimate of drug-likeness (QED) is 0.233. The molecule has 1 unspecified atom stereocenters. The Hall–Kier alpha value is -5.74. The average molecular weight is 566 g/mol. The number of ether oxygens (including phenoxy) is 1. The third-order valence-electron chi connectivity index (χ3n) is 9.08. The van der Waals surface area contributed by atoms with Crippen LogP contribution in [0.1, 0.15) is 39.6 Å². The molecule has 1 spiro atoms. The van der Waals surface area contributed by atoms with Crippen molar-refractivity contribution in [3.63, 3.8) is 0 Å². The van der Waals surface area contributed by atoms with E-state index in [1.165, 1.54) is 27.8 Å². The first-order valence-corrected chi connectivity index (χ1v) is 15.0. The van der Waals surface area contributed by atoms with Gasteiger partial charge in [-0.1, -0.05) is 109 Å². The summed E-state index contributed by atoms with van der Waals surface area (Å²) in [4.78, 5) is 5.10. The van der Waals surface area contributed by atoms with E-state index in [1.807, 2.05) is 30.3 Å². The van der Waals surface area contributed by atoms with Crippen molar-refractivity contribution in [1.82, 2.24) is 10.4 Å². The van der Waals surface area contributed by atoms with E-state index in [2.05, 4.69) is 127 Å². The van der Waals surface area contributed by atoms with Gasteiger partial charge in [-0.2, -0.15) is 5.10 Å². The molecule has 9 rings (SSSR count). The summed E-state index contributed by atoms with van der Waals surface area (Å²) in [7, 11) is 0. The van der Waals surface area contributed by atoms with Crippen molar-refractivity contribution in [2.45, 2.75) is 11.5 Å². The predicted molar refractivity (Wildman–Crippen MR) is 175 cm³/mol. The molecule has 6 aromatic rings. The van der Waals surface area contributed by atoms with Gasteiger partial charge in [0.2, 0.25) is 0 Å². The number of hydrogen-bond donors (Lipinski definition) is 1. The minimum absolute atomic E-state index is 0.0417. The minimum atomic E-state index is -0.502. The van der Waals surface area contributed by atoms with Crippen LogP contribution in [0.3, 0.4) is 0 Å². The molecule has 0 bridgehead atoms. The van der Waals surface area contributed by atoms with Gasteiger partial charge in [-0.25, -0.2) is 4.98 Å². The lowest BCUT2D eigenvalue weighted by molar-refractivity contribution is 0.436. The third kappa shape index (κ3) is 3.58. The molecule has 4 heteroatoms. The van der Waals surface area contributed by atoms with Crippen LogP contribution >= 0.6 is 0 Å². The first kappa shape index (κ1) is 24.8. The lowest BCUT2D eigenvalue weighted by atomic mass is 9.66. The summed E-state index contributed by atoms with van der Waals surface area (Å²) in [6, 6.07) is 49.0. The largest absolute Gasteiger partial charge is 0.457 e. The molecule has 3 aliphatic rings. The van der Waals surface area contributed by atoms with Gasteiger partial charge in [-0.05, 0) is 70.3 Å². The smallest absolute Gasteiger partial charge is 0.132 e. The number of para-hydroxylation sites is 1. The van der Waals surface area contributed by atoms with Gasteiger partial charge in [0, 0.05) is 16.7 Å². The highest BCUT2D eigenvalue weighted by Gasteiger charge is 2.51. The number of hydrogen-bond acceptors (Lipinski definition) is 4. The van der Waals surface area contributed by atoms with Crippen molar-refractivity contribution in [2.75, 3.05) is 0 Å². The first-order chi connectivity index (χ1) is 21.8. The molecule has 0 radical (unpaired) electrons. The maximum Gasteiger partial charge on any atom is 0.132 e. The van der Waals surface area contributed by atoms with E-state index in [9.17, 15) is 0 Å². The molecule has 0 fully saturated rings. The number of rotatable bonds is 3. The van der Waals surface area contributed by atoms with Crippen LogP contribution in [-0.4, -0.2) is 10.7 Å². The monoisotopic (exact) mass is 565 g/mol. The van der Waals surface area contributed by atoms with Crippen molar-refractivity contribution in [1.29, 1.82) is 0 Å². The fourth-order valence-electron chi connectivity index (χ4n) is 7.15. The topological polar surface area (TPSA) is 46.5 Å². The number of nitrogens with zero attached hydrogens (tertiary/aromatic N) is 2. The van der Waals surface area contributed by atoms with Crippen LogP contribution in [0.15, 0.2) is 157 Å². The van der Waals surface area contributed by atoms with Crippen molar-refractivity contribution in [3.8, 4) is 33.9 Å². The molecule has 1 atom stereocenters. The summed E-state index contributed by atoms with van der Waals surface area (Å²) < 4.78 is 6.59. The van der Waals surface area contributed by atoms with Gasteiger partial charge >= 0.3 is 0 Å². The highest BCUT2D eigenvalue weighted by molar-refractivity contribution is 6.08. The van der Waals surface area contributed by atoms with Gasteiger partial charge in [-0.15, -0.1) is 0 Å². The van der Waals surface area contributed by atoms with Crippen LogP contribution in [-0.2, 0) is 5.41 Å². The Morgan fingerprint density at radius 2 is 1.23 bits per heavy atom. The van der Waals surface area contributed by atoms with Crippen molar-refractivity contribution in [2.24, 2.45) is 5.10 Å². The zero-order valence-electron chi connectivity index (χ0n) is 23.8. The zero-order chi connectivity index (χ0) is 29.1. The van der Waals surface area contributed by atoms with Crippen molar-refractivity contribution >= 4 is 5.71 Å². The van der Waals surface area contributed by atoms with Gasteiger partial charge in [-0.3, -0.25) is 5.43 Å². The standard InChI is InChI=1S/C40H27N3O/c1-2-11-26(12-3-1)35-22-23-37(43-42-35)36-19-10-18-34(41-36)27-21-24-39-33(25-27)40(32-17-8-9-20-38(32)44-39)30-15-6-4-13-28(30)29-14-5-7-16-31(29)40/h1-25,35,42H. The van der Waals surface area contributed by atoms with E-state index in [0.717, 1.165) is 45.3 Å². The molecule has 1 aromatic heterocycles. The maximum absolute atomic E-state index is 6.59. The minimum Gasteiger partial charge on any atom is -0.457 e. The normalized spacial score (nSPS) is 16.5. The van der Waals surface area contributed by atoms with Crippen LogP contribution in [0.25, 0.3) is 22.4 Å². The van der Waals surface area contributed by atoms with Gasteiger partial charge in [0.05, 0.1) is 22.8 Å². The van der Waals surface area contributed by atoms with Gasteiger partial charge in [0.25, 0.3) is 0 Å². The lowest BCUT2D eigenvalue weighted by Crippen LogP contribution is -2.32. The number of hydrazone groups is 1. The molecule has 44 heavy (non-hydrogen) atoms. The van der Waals surface area contributed by atoms with Crippen LogP contribution in [0, 0.1) is 0 Å². The molecular formula is C40H27N3O. The molecule has 5 aromatic carbocycles. The highest BCUT2D eigenvalue weighted by Crippen LogP contribution is 2.62. The fourth-order valence-corrected chi connectivity index (χ4v) is 7.15. The molecule has 4 nitrogen and oxygen atoms in total. The summed E-state index contributed by atoms with van der Waals surface area (Å²) in [6.45, 7) is 0. The second-order valence-corrected chi connectivity index (χ2v) is 11.4. The Kier molecular flexibility index (Phi) is 5.44. The summed E-state index contributed by atoms with van der Waals surface area (Å²) in [6.07, 6.45) is 4.19. The third-order valence-corrected chi connectivity index (χ3v) is 9.08. The van der Waals surface area contributed by atoms with E-state index in [4.69, 9.17) is 14.8 Å². The number of aromatic nitrogens is 1. The molecule has 1 aliphatic carbocycles. The summed E-state index contributed by atoms with van der Waals surface area (Å²) in [5, 5.41) is 4.69. The molecule has 3 heterocycles. The molecule has 208 valence electrons.